The van der Waals surface area contributed by atoms with Gasteiger partial charge in [-0.2, -0.15) is 4.98 Å². The number of nitrogens with zero attached hydrogens (tertiary/aromatic N) is 4. The molecule has 0 unspecified atom stereocenters. The molecule has 1 saturated heterocycles. The first-order valence-corrected chi connectivity index (χ1v) is 10.4. The molecule has 1 aliphatic heterocycles. The number of likely N-dealkylation sites (tertiary alicyclic amines) is 1. The van der Waals surface area contributed by atoms with Crippen LogP contribution in [0.15, 0.2) is 55.0 Å². The molecule has 4 rings (SSSR count). The van der Waals surface area contributed by atoms with Crippen molar-refractivity contribution < 1.29 is 0 Å². The van der Waals surface area contributed by atoms with Gasteiger partial charge in [-0.3, -0.25) is 4.98 Å². The zero-order chi connectivity index (χ0) is 19.9. The van der Waals surface area contributed by atoms with E-state index in [9.17, 15) is 0 Å². The smallest absolute Gasteiger partial charge is 0.221 e. The summed E-state index contributed by atoms with van der Waals surface area (Å²) in [6.45, 7) is 4.45. The monoisotopic (exact) mass is 388 g/mol. The summed E-state index contributed by atoms with van der Waals surface area (Å²) in [7, 11) is 0. The molecule has 3 aromatic rings. The molecule has 29 heavy (non-hydrogen) atoms. The van der Waals surface area contributed by atoms with Crippen LogP contribution in [0.25, 0.3) is 22.3 Å². The van der Waals surface area contributed by atoms with Crippen molar-refractivity contribution in [2.75, 3.05) is 37.2 Å². The number of piperidine rings is 1. The largest absolute Gasteiger partial charge is 0.369 e. The van der Waals surface area contributed by atoms with Gasteiger partial charge in [-0.25, -0.2) is 4.98 Å². The van der Waals surface area contributed by atoms with Crippen LogP contribution in [0.5, 0.6) is 0 Å². The minimum Gasteiger partial charge on any atom is -0.369 e. The van der Waals surface area contributed by atoms with Gasteiger partial charge in [0.15, 0.2) is 0 Å². The van der Waals surface area contributed by atoms with Gasteiger partial charge in [0.05, 0.1) is 0 Å². The SMILES string of the molecule is Nc1ncc(-c2cccc(-c3ccncc3)c2)c(NCCCN2CCCCC2)n1. The van der Waals surface area contributed by atoms with Gasteiger partial charge in [-0.05, 0) is 73.8 Å². The van der Waals surface area contributed by atoms with Crippen LogP contribution in [0.4, 0.5) is 11.8 Å². The molecule has 0 radical (unpaired) electrons. The maximum atomic E-state index is 5.87. The molecule has 3 N–H and O–H groups in total. The van der Waals surface area contributed by atoms with Crippen molar-refractivity contribution in [1.29, 1.82) is 0 Å². The lowest BCUT2D eigenvalue weighted by molar-refractivity contribution is 0.228. The average molecular weight is 389 g/mol. The Hall–Kier alpha value is -2.99. The minimum atomic E-state index is 0.289. The number of pyridine rings is 1. The number of hydrogen-bond acceptors (Lipinski definition) is 6. The highest BCUT2D eigenvalue weighted by Crippen LogP contribution is 2.30. The number of rotatable bonds is 7. The quantitative estimate of drug-likeness (QED) is 0.594. The highest BCUT2D eigenvalue weighted by molar-refractivity contribution is 5.79. The second-order valence-electron chi connectivity index (χ2n) is 7.49. The number of nitrogens with two attached hydrogens (primary N) is 1. The van der Waals surface area contributed by atoms with E-state index in [1.807, 2.05) is 24.5 Å². The van der Waals surface area contributed by atoms with Crippen LogP contribution in [-0.2, 0) is 0 Å². The van der Waals surface area contributed by atoms with E-state index in [-0.39, 0.29) is 5.95 Å². The predicted octanol–water partition coefficient (Wildman–Crippen LogP) is 4.08. The molecule has 150 valence electrons. The molecule has 3 heterocycles. The summed E-state index contributed by atoms with van der Waals surface area (Å²) in [5, 5.41) is 3.48. The normalized spacial score (nSPS) is 14.6. The zero-order valence-corrected chi connectivity index (χ0v) is 16.7. The van der Waals surface area contributed by atoms with Crippen molar-refractivity contribution in [3.8, 4) is 22.3 Å². The fourth-order valence-corrected chi connectivity index (χ4v) is 3.84. The van der Waals surface area contributed by atoms with Crippen molar-refractivity contribution in [1.82, 2.24) is 19.9 Å². The first kappa shape index (κ1) is 19.3. The van der Waals surface area contributed by atoms with Crippen molar-refractivity contribution >= 4 is 11.8 Å². The number of hydrogen-bond donors (Lipinski definition) is 2. The van der Waals surface area contributed by atoms with Gasteiger partial charge in [0, 0.05) is 30.7 Å². The standard InChI is InChI=1S/C23H28N6/c24-23-27-17-21(20-7-4-6-19(16-20)18-8-11-25-12-9-18)22(28-23)26-10-5-15-29-13-2-1-3-14-29/h4,6-9,11-12,16-17H,1-3,5,10,13-15H2,(H3,24,26,27,28). The van der Waals surface area contributed by atoms with E-state index in [4.69, 9.17) is 5.73 Å². The van der Waals surface area contributed by atoms with Crippen LogP contribution >= 0.6 is 0 Å². The van der Waals surface area contributed by atoms with E-state index in [1.165, 1.54) is 32.4 Å². The fraction of sp³-hybridized carbons (Fsp3) is 0.348. The summed E-state index contributed by atoms with van der Waals surface area (Å²) < 4.78 is 0. The Bertz CT molecular complexity index is 922. The molecule has 1 aromatic carbocycles. The molecule has 1 aliphatic rings. The maximum Gasteiger partial charge on any atom is 0.221 e. The van der Waals surface area contributed by atoms with Gasteiger partial charge in [-0.15, -0.1) is 0 Å². The summed E-state index contributed by atoms with van der Waals surface area (Å²) in [5.41, 5.74) is 10.2. The van der Waals surface area contributed by atoms with Crippen molar-refractivity contribution in [3.63, 3.8) is 0 Å². The first-order valence-electron chi connectivity index (χ1n) is 10.4. The number of nitrogens with one attached hydrogen (secondary N) is 1. The predicted molar refractivity (Wildman–Crippen MR) is 119 cm³/mol. The fourth-order valence-electron chi connectivity index (χ4n) is 3.84. The first-order chi connectivity index (χ1) is 14.3. The Morgan fingerprint density at radius 1 is 0.966 bits per heavy atom. The van der Waals surface area contributed by atoms with Crippen LogP contribution in [-0.4, -0.2) is 46.0 Å². The van der Waals surface area contributed by atoms with E-state index in [0.717, 1.165) is 47.6 Å². The third kappa shape index (κ3) is 5.09. The summed E-state index contributed by atoms with van der Waals surface area (Å²) >= 11 is 0. The molecule has 1 fully saturated rings. The molecule has 6 nitrogen and oxygen atoms in total. The molecular weight excluding hydrogens is 360 g/mol. The lowest BCUT2D eigenvalue weighted by atomic mass is 10.0. The Morgan fingerprint density at radius 2 is 1.76 bits per heavy atom. The molecule has 0 saturated carbocycles. The lowest BCUT2D eigenvalue weighted by Crippen LogP contribution is -2.31. The number of anilines is 2. The van der Waals surface area contributed by atoms with Crippen LogP contribution in [0.1, 0.15) is 25.7 Å². The summed E-state index contributed by atoms with van der Waals surface area (Å²) in [6.07, 6.45) is 10.5. The Morgan fingerprint density at radius 3 is 2.59 bits per heavy atom. The second kappa shape index (κ2) is 9.47. The molecule has 6 heteroatoms. The van der Waals surface area contributed by atoms with Crippen molar-refractivity contribution in [2.24, 2.45) is 0 Å². The van der Waals surface area contributed by atoms with Crippen molar-refractivity contribution in [2.45, 2.75) is 25.7 Å². The van der Waals surface area contributed by atoms with Gasteiger partial charge < -0.3 is 16.0 Å². The Labute approximate surface area is 172 Å². The van der Waals surface area contributed by atoms with Gasteiger partial charge in [0.25, 0.3) is 0 Å². The molecule has 0 atom stereocenters. The number of benzene rings is 1. The summed E-state index contributed by atoms with van der Waals surface area (Å²) in [5.74, 6) is 1.08. The maximum absolute atomic E-state index is 5.87. The van der Waals surface area contributed by atoms with Gasteiger partial charge >= 0.3 is 0 Å². The van der Waals surface area contributed by atoms with Crippen LogP contribution in [0.2, 0.25) is 0 Å². The summed E-state index contributed by atoms with van der Waals surface area (Å²) in [4.78, 5) is 15.4. The van der Waals surface area contributed by atoms with E-state index >= 15 is 0 Å². The molecule has 0 spiro atoms. The van der Waals surface area contributed by atoms with Gasteiger partial charge in [0.2, 0.25) is 5.95 Å². The zero-order valence-electron chi connectivity index (χ0n) is 16.7. The van der Waals surface area contributed by atoms with E-state index < -0.39 is 0 Å². The third-order valence-electron chi connectivity index (χ3n) is 5.39. The molecule has 0 amide bonds. The summed E-state index contributed by atoms with van der Waals surface area (Å²) in [6, 6.07) is 12.4. The molecular formula is C23H28N6. The average Bonchev–Trinajstić information content (AvgIpc) is 2.78. The molecule has 0 aliphatic carbocycles. The molecule has 2 aromatic heterocycles. The topological polar surface area (TPSA) is 80.0 Å². The van der Waals surface area contributed by atoms with Crippen LogP contribution < -0.4 is 11.1 Å². The van der Waals surface area contributed by atoms with E-state index in [0.29, 0.717) is 0 Å². The van der Waals surface area contributed by atoms with E-state index in [2.05, 4.69) is 49.4 Å². The Balaban J connectivity index is 1.48. The van der Waals surface area contributed by atoms with Gasteiger partial charge in [-0.1, -0.05) is 24.6 Å². The second-order valence-corrected chi connectivity index (χ2v) is 7.49. The Kier molecular flexibility index (Phi) is 6.32. The molecule has 0 bridgehead atoms. The highest BCUT2D eigenvalue weighted by Gasteiger charge is 2.11. The van der Waals surface area contributed by atoms with Gasteiger partial charge in [0.1, 0.15) is 5.82 Å². The lowest BCUT2D eigenvalue weighted by Gasteiger charge is -2.26. The number of aromatic nitrogens is 3. The van der Waals surface area contributed by atoms with Crippen LogP contribution in [0.3, 0.4) is 0 Å². The number of nitrogen functional groups attached to an aromatic ring is 1. The van der Waals surface area contributed by atoms with Crippen molar-refractivity contribution in [3.05, 3.63) is 55.0 Å². The minimum absolute atomic E-state index is 0.289. The van der Waals surface area contributed by atoms with E-state index in [1.54, 1.807) is 6.20 Å². The highest BCUT2D eigenvalue weighted by atomic mass is 15.1. The van der Waals surface area contributed by atoms with Crippen LogP contribution in [0, 0.1) is 0 Å². The third-order valence-corrected chi connectivity index (χ3v) is 5.39.